The smallest absolute Gasteiger partial charge is 0.247 e. The van der Waals surface area contributed by atoms with E-state index in [1.807, 2.05) is 6.92 Å². The van der Waals surface area contributed by atoms with E-state index in [1.165, 1.54) is 0 Å². The molecule has 1 aromatic heterocycles. The summed E-state index contributed by atoms with van der Waals surface area (Å²) in [6, 6.07) is -0.331. The quantitative estimate of drug-likeness (QED) is 0.759. The van der Waals surface area contributed by atoms with Gasteiger partial charge >= 0.3 is 0 Å². The van der Waals surface area contributed by atoms with Crippen LogP contribution in [0.25, 0.3) is 0 Å². The van der Waals surface area contributed by atoms with Crippen molar-refractivity contribution >= 4 is 5.91 Å². The highest BCUT2D eigenvalue weighted by Crippen LogP contribution is 2.11. The first-order chi connectivity index (χ1) is 8.72. The van der Waals surface area contributed by atoms with E-state index in [0.29, 0.717) is 39.3 Å². The maximum absolute atomic E-state index is 12.2. The van der Waals surface area contributed by atoms with Gasteiger partial charge < -0.3 is 15.4 Å². The molecule has 1 unspecified atom stereocenters. The van der Waals surface area contributed by atoms with E-state index in [-0.39, 0.29) is 11.9 Å². The van der Waals surface area contributed by atoms with E-state index in [0.717, 1.165) is 5.69 Å². The van der Waals surface area contributed by atoms with Gasteiger partial charge in [-0.1, -0.05) is 5.21 Å². The number of carbonyl (C=O) groups excluding carboxylic acids is 1. The minimum absolute atomic E-state index is 0.0579. The number of morpholine rings is 1. The summed E-state index contributed by atoms with van der Waals surface area (Å²) < 4.78 is 6.83. The van der Waals surface area contributed by atoms with Gasteiger partial charge in [0.05, 0.1) is 18.9 Å². The molecule has 7 nitrogen and oxygen atoms in total. The van der Waals surface area contributed by atoms with E-state index >= 15 is 0 Å². The molecule has 1 fully saturated rings. The number of aromatic nitrogens is 3. The molecule has 1 aromatic rings. The topological polar surface area (TPSA) is 86.3 Å². The second kappa shape index (κ2) is 5.92. The highest BCUT2D eigenvalue weighted by atomic mass is 16.5. The number of hydrogen-bond donors (Lipinski definition) is 1. The first-order valence-electron chi connectivity index (χ1n) is 6.19. The SMILES string of the molecule is CC(C(=O)N1CCOCC1)n1cc(CCN)nn1. The number of nitrogens with two attached hydrogens (primary N) is 1. The normalized spacial score (nSPS) is 17.8. The lowest BCUT2D eigenvalue weighted by Gasteiger charge is -2.29. The lowest BCUT2D eigenvalue weighted by Crippen LogP contribution is -2.43. The summed E-state index contributed by atoms with van der Waals surface area (Å²) in [6.07, 6.45) is 2.47. The van der Waals surface area contributed by atoms with Gasteiger partial charge in [0.2, 0.25) is 5.91 Å². The van der Waals surface area contributed by atoms with E-state index in [1.54, 1.807) is 15.8 Å². The first-order valence-corrected chi connectivity index (χ1v) is 6.19. The zero-order chi connectivity index (χ0) is 13.0. The van der Waals surface area contributed by atoms with E-state index < -0.39 is 0 Å². The zero-order valence-electron chi connectivity index (χ0n) is 10.6. The largest absolute Gasteiger partial charge is 0.378 e. The minimum Gasteiger partial charge on any atom is -0.378 e. The summed E-state index contributed by atoms with van der Waals surface area (Å²) in [5.74, 6) is 0.0579. The molecular formula is C11H19N5O2. The van der Waals surface area contributed by atoms with Gasteiger partial charge in [-0.2, -0.15) is 0 Å². The Morgan fingerprint density at radius 1 is 1.56 bits per heavy atom. The second-order valence-corrected chi connectivity index (χ2v) is 4.34. The fourth-order valence-corrected chi connectivity index (χ4v) is 1.93. The van der Waals surface area contributed by atoms with E-state index in [2.05, 4.69) is 10.3 Å². The molecule has 7 heteroatoms. The Morgan fingerprint density at radius 2 is 2.28 bits per heavy atom. The molecule has 2 N–H and O–H groups in total. The van der Waals surface area contributed by atoms with Gasteiger partial charge in [0.1, 0.15) is 6.04 Å². The van der Waals surface area contributed by atoms with Gasteiger partial charge in [-0.25, -0.2) is 4.68 Å². The summed E-state index contributed by atoms with van der Waals surface area (Å²) in [5.41, 5.74) is 6.28. The third-order valence-corrected chi connectivity index (χ3v) is 3.04. The molecule has 0 bridgehead atoms. The zero-order valence-corrected chi connectivity index (χ0v) is 10.6. The molecule has 2 heterocycles. The Labute approximate surface area is 106 Å². The van der Waals surface area contributed by atoms with Crippen molar-refractivity contribution in [2.45, 2.75) is 19.4 Å². The minimum atomic E-state index is -0.331. The Bertz CT molecular complexity index is 400. The van der Waals surface area contributed by atoms with Crippen molar-refractivity contribution in [3.8, 4) is 0 Å². The first kappa shape index (κ1) is 13.0. The van der Waals surface area contributed by atoms with Crippen LogP contribution in [0.4, 0.5) is 0 Å². The van der Waals surface area contributed by atoms with Crippen LogP contribution in [0.15, 0.2) is 6.20 Å². The molecular weight excluding hydrogens is 234 g/mol. The summed E-state index contributed by atoms with van der Waals surface area (Å²) in [4.78, 5) is 14.0. The van der Waals surface area contributed by atoms with Crippen molar-refractivity contribution in [3.63, 3.8) is 0 Å². The summed E-state index contributed by atoms with van der Waals surface area (Å²) >= 11 is 0. The monoisotopic (exact) mass is 253 g/mol. The van der Waals surface area contributed by atoms with Gasteiger partial charge in [-0.05, 0) is 13.5 Å². The average Bonchev–Trinajstić information content (AvgIpc) is 2.87. The molecule has 0 saturated carbocycles. The summed E-state index contributed by atoms with van der Waals surface area (Å²) in [5, 5.41) is 7.98. The molecule has 18 heavy (non-hydrogen) atoms. The second-order valence-electron chi connectivity index (χ2n) is 4.34. The third-order valence-electron chi connectivity index (χ3n) is 3.04. The molecule has 1 aliphatic rings. The van der Waals surface area contributed by atoms with Crippen LogP contribution in [0.1, 0.15) is 18.7 Å². The van der Waals surface area contributed by atoms with Crippen molar-refractivity contribution in [1.82, 2.24) is 19.9 Å². The standard InChI is InChI=1S/C11H19N5O2/c1-9(11(17)15-4-6-18-7-5-15)16-8-10(2-3-12)13-14-16/h8-9H,2-7,12H2,1H3. The van der Waals surface area contributed by atoms with Gasteiger partial charge in [0.15, 0.2) is 0 Å². The molecule has 100 valence electrons. The number of hydrogen-bond acceptors (Lipinski definition) is 5. The van der Waals surface area contributed by atoms with Crippen LogP contribution in [-0.2, 0) is 16.0 Å². The lowest BCUT2D eigenvalue weighted by atomic mass is 10.2. The van der Waals surface area contributed by atoms with Crippen molar-refractivity contribution in [1.29, 1.82) is 0 Å². The van der Waals surface area contributed by atoms with Gasteiger partial charge in [-0.15, -0.1) is 5.10 Å². The molecule has 1 aliphatic heterocycles. The van der Waals surface area contributed by atoms with Gasteiger partial charge in [-0.3, -0.25) is 4.79 Å². The maximum Gasteiger partial charge on any atom is 0.247 e. The summed E-state index contributed by atoms with van der Waals surface area (Å²) in [7, 11) is 0. The fourth-order valence-electron chi connectivity index (χ4n) is 1.93. The molecule has 0 aromatic carbocycles. The van der Waals surface area contributed by atoms with Crippen LogP contribution in [0, 0.1) is 0 Å². The van der Waals surface area contributed by atoms with E-state index in [4.69, 9.17) is 10.5 Å². The van der Waals surface area contributed by atoms with Gasteiger partial charge in [0, 0.05) is 25.7 Å². The maximum atomic E-state index is 12.2. The lowest BCUT2D eigenvalue weighted by molar-refractivity contribution is -0.138. The van der Waals surface area contributed by atoms with Crippen molar-refractivity contribution in [2.75, 3.05) is 32.8 Å². The number of amides is 1. The van der Waals surface area contributed by atoms with Crippen LogP contribution in [0.5, 0.6) is 0 Å². The number of ether oxygens (including phenoxy) is 1. The van der Waals surface area contributed by atoms with E-state index in [9.17, 15) is 4.79 Å². The molecule has 1 amide bonds. The fraction of sp³-hybridized carbons (Fsp3) is 0.727. The van der Waals surface area contributed by atoms with Crippen LogP contribution in [0.3, 0.4) is 0 Å². The Balaban J connectivity index is 2.00. The number of rotatable bonds is 4. The molecule has 1 atom stereocenters. The number of nitrogens with zero attached hydrogens (tertiary/aromatic N) is 4. The molecule has 0 spiro atoms. The average molecular weight is 253 g/mol. The molecule has 0 aliphatic carbocycles. The molecule has 0 radical (unpaired) electrons. The highest BCUT2D eigenvalue weighted by Gasteiger charge is 2.24. The predicted molar refractivity (Wildman–Crippen MR) is 64.9 cm³/mol. The Kier molecular flexibility index (Phi) is 4.27. The van der Waals surface area contributed by atoms with Crippen molar-refractivity contribution < 1.29 is 9.53 Å². The molecule has 2 rings (SSSR count). The highest BCUT2D eigenvalue weighted by molar-refractivity contribution is 5.80. The number of carbonyl (C=O) groups is 1. The molecule has 1 saturated heterocycles. The Morgan fingerprint density at radius 3 is 2.94 bits per heavy atom. The van der Waals surface area contributed by atoms with Crippen LogP contribution >= 0.6 is 0 Å². The van der Waals surface area contributed by atoms with Crippen LogP contribution in [-0.4, -0.2) is 58.6 Å². The Hall–Kier alpha value is -1.47. The van der Waals surface area contributed by atoms with Gasteiger partial charge in [0.25, 0.3) is 0 Å². The van der Waals surface area contributed by atoms with Crippen molar-refractivity contribution in [2.24, 2.45) is 5.73 Å². The summed E-state index contributed by atoms with van der Waals surface area (Å²) in [6.45, 7) is 4.87. The van der Waals surface area contributed by atoms with Crippen LogP contribution < -0.4 is 5.73 Å². The van der Waals surface area contributed by atoms with Crippen molar-refractivity contribution in [3.05, 3.63) is 11.9 Å². The predicted octanol–water partition coefficient (Wildman–Crippen LogP) is -0.801. The van der Waals surface area contributed by atoms with Crippen LogP contribution in [0.2, 0.25) is 0 Å². The third kappa shape index (κ3) is 2.85.